The highest BCUT2D eigenvalue weighted by molar-refractivity contribution is 5.32. The zero-order valence-electron chi connectivity index (χ0n) is 16.4. The fourth-order valence-electron chi connectivity index (χ4n) is 7.37. The van der Waals surface area contributed by atoms with E-state index in [0.717, 1.165) is 30.6 Å². The van der Waals surface area contributed by atoms with Crippen molar-refractivity contribution < 1.29 is 5.11 Å². The molecule has 0 radical (unpaired) electrons. The Morgan fingerprint density at radius 3 is 2.38 bits per heavy atom. The molecule has 6 atom stereocenters. The molecule has 0 spiro atoms. The normalized spacial score (nSPS) is 48.1. The maximum absolute atomic E-state index is 10.1. The first kappa shape index (κ1) is 16.9. The second-order valence-corrected chi connectivity index (χ2v) is 10.7. The molecule has 0 bridgehead atoms. The molecule has 4 aliphatic rings. The van der Waals surface area contributed by atoms with Crippen LogP contribution in [0, 0.1) is 34.0 Å². The van der Waals surface area contributed by atoms with E-state index in [9.17, 15) is 5.11 Å². The average Bonchev–Trinajstić information content (AvgIpc) is 2.85. The predicted octanol–water partition coefficient (Wildman–Crippen LogP) is 5.89. The van der Waals surface area contributed by atoms with Gasteiger partial charge in [0, 0.05) is 0 Å². The number of hydrogen-bond acceptors (Lipinski definition) is 1. The van der Waals surface area contributed by atoms with Crippen LogP contribution < -0.4 is 0 Å². The van der Waals surface area contributed by atoms with E-state index >= 15 is 0 Å². The molecule has 1 N–H and O–H groups in total. The molecule has 0 amide bonds. The van der Waals surface area contributed by atoms with Gasteiger partial charge in [0.15, 0.2) is 0 Å². The van der Waals surface area contributed by atoms with E-state index in [-0.39, 0.29) is 6.10 Å². The molecular weight excluding hydrogens is 292 g/mol. The molecule has 1 heteroatoms. The topological polar surface area (TPSA) is 20.2 Å². The molecule has 1 nitrogen and oxygen atoms in total. The van der Waals surface area contributed by atoms with Crippen LogP contribution in [0.1, 0.15) is 79.6 Å². The van der Waals surface area contributed by atoms with Crippen LogP contribution in [-0.4, -0.2) is 11.2 Å². The van der Waals surface area contributed by atoms with Gasteiger partial charge in [-0.15, -0.1) is 0 Å². The van der Waals surface area contributed by atoms with E-state index in [1.54, 1.807) is 11.1 Å². The molecular formula is C23H36O. The SMILES string of the molecule is CC(C)(C)C1=CCC2C3CC=C4C[C@@H](O)CC[C@]4(C)C3CC[C@]12C. The van der Waals surface area contributed by atoms with Crippen molar-refractivity contribution in [2.24, 2.45) is 34.0 Å². The minimum atomic E-state index is -0.0876. The third kappa shape index (κ3) is 2.23. The standard InChI is InChI=1S/C23H36O/c1-21(2,3)20-9-8-18-17-7-6-15-14-16(24)10-12-22(15,4)19(17)11-13-23(18,20)5/h6,9,16-19,24H,7-8,10-14H2,1-5H3/t16-,17?,18?,19?,22-,23-/m0/s1. The van der Waals surface area contributed by atoms with Crippen molar-refractivity contribution in [3.05, 3.63) is 23.3 Å². The lowest BCUT2D eigenvalue weighted by atomic mass is 9.46. The molecule has 0 aliphatic heterocycles. The lowest BCUT2D eigenvalue weighted by Gasteiger charge is -2.58. The summed E-state index contributed by atoms with van der Waals surface area (Å²) in [6.07, 6.45) is 13.5. The molecule has 134 valence electrons. The third-order valence-corrected chi connectivity index (χ3v) is 8.47. The minimum Gasteiger partial charge on any atom is -0.393 e. The largest absolute Gasteiger partial charge is 0.393 e. The summed E-state index contributed by atoms with van der Waals surface area (Å²) in [5.41, 5.74) is 4.43. The van der Waals surface area contributed by atoms with Gasteiger partial charge in [-0.1, -0.05) is 57.9 Å². The van der Waals surface area contributed by atoms with Crippen molar-refractivity contribution in [1.82, 2.24) is 0 Å². The van der Waals surface area contributed by atoms with Gasteiger partial charge in [-0.2, -0.15) is 0 Å². The van der Waals surface area contributed by atoms with Gasteiger partial charge in [0.2, 0.25) is 0 Å². The molecule has 24 heavy (non-hydrogen) atoms. The Balaban J connectivity index is 1.66. The Bertz CT molecular complexity index is 592. The first-order valence-corrected chi connectivity index (χ1v) is 10.2. The number of aliphatic hydroxyl groups is 1. The highest BCUT2D eigenvalue weighted by atomic mass is 16.3. The number of rotatable bonds is 0. The summed E-state index contributed by atoms with van der Waals surface area (Å²) in [6.45, 7) is 12.3. The zero-order valence-corrected chi connectivity index (χ0v) is 16.4. The number of hydrogen-bond donors (Lipinski definition) is 1. The molecule has 2 saturated carbocycles. The smallest absolute Gasteiger partial charge is 0.0577 e. The molecule has 3 unspecified atom stereocenters. The van der Waals surface area contributed by atoms with Crippen molar-refractivity contribution in [3.63, 3.8) is 0 Å². The summed E-state index contributed by atoms with van der Waals surface area (Å²) in [7, 11) is 0. The van der Waals surface area contributed by atoms with Gasteiger partial charge >= 0.3 is 0 Å². The van der Waals surface area contributed by atoms with Crippen molar-refractivity contribution in [3.8, 4) is 0 Å². The van der Waals surface area contributed by atoms with E-state index in [4.69, 9.17) is 0 Å². The molecule has 4 aliphatic carbocycles. The molecule has 4 rings (SSSR count). The Morgan fingerprint density at radius 2 is 1.67 bits per heavy atom. The summed E-state index contributed by atoms with van der Waals surface area (Å²) in [5, 5.41) is 10.1. The van der Waals surface area contributed by atoms with Gasteiger partial charge in [-0.25, -0.2) is 0 Å². The Kier molecular flexibility index (Phi) is 3.67. The van der Waals surface area contributed by atoms with Crippen molar-refractivity contribution in [2.75, 3.05) is 0 Å². The van der Waals surface area contributed by atoms with Gasteiger partial charge in [0.25, 0.3) is 0 Å². The van der Waals surface area contributed by atoms with E-state index < -0.39 is 0 Å². The van der Waals surface area contributed by atoms with Crippen LogP contribution in [0.5, 0.6) is 0 Å². The van der Waals surface area contributed by atoms with Crippen molar-refractivity contribution in [1.29, 1.82) is 0 Å². The molecule has 0 aromatic carbocycles. The molecule has 2 fully saturated rings. The van der Waals surface area contributed by atoms with Crippen LogP contribution in [-0.2, 0) is 0 Å². The quantitative estimate of drug-likeness (QED) is 0.549. The second-order valence-electron chi connectivity index (χ2n) is 10.7. The fraction of sp³-hybridized carbons (Fsp3) is 0.826. The Morgan fingerprint density at radius 1 is 0.958 bits per heavy atom. The summed E-state index contributed by atoms with van der Waals surface area (Å²) >= 11 is 0. The maximum atomic E-state index is 10.1. The van der Waals surface area contributed by atoms with Crippen LogP contribution in [0.15, 0.2) is 23.3 Å². The number of allylic oxidation sites excluding steroid dienone is 3. The van der Waals surface area contributed by atoms with E-state index in [1.807, 2.05) is 0 Å². The van der Waals surface area contributed by atoms with Crippen molar-refractivity contribution in [2.45, 2.75) is 85.7 Å². The van der Waals surface area contributed by atoms with Crippen LogP contribution in [0.25, 0.3) is 0 Å². The summed E-state index contributed by atoms with van der Waals surface area (Å²) in [6, 6.07) is 0. The van der Waals surface area contributed by atoms with E-state index in [0.29, 0.717) is 16.2 Å². The summed E-state index contributed by atoms with van der Waals surface area (Å²) in [5.74, 6) is 2.53. The molecule has 0 saturated heterocycles. The monoisotopic (exact) mass is 328 g/mol. The highest BCUT2D eigenvalue weighted by Crippen LogP contribution is 2.66. The lowest BCUT2D eigenvalue weighted by molar-refractivity contribution is -0.0333. The van der Waals surface area contributed by atoms with E-state index in [1.165, 1.54) is 32.1 Å². The van der Waals surface area contributed by atoms with Gasteiger partial charge in [0.05, 0.1) is 6.10 Å². The van der Waals surface area contributed by atoms with Crippen LogP contribution in [0.4, 0.5) is 0 Å². The minimum absolute atomic E-state index is 0.0876. The van der Waals surface area contributed by atoms with Gasteiger partial charge in [-0.3, -0.25) is 0 Å². The summed E-state index contributed by atoms with van der Waals surface area (Å²) in [4.78, 5) is 0. The van der Waals surface area contributed by atoms with Gasteiger partial charge in [-0.05, 0) is 78.9 Å². The maximum Gasteiger partial charge on any atom is 0.0577 e. The van der Waals surface area contributed by atoms with E-state index in [2.05, 4.69) is 46.8 Å². The van der Waals surface area contributed by atoms with Crippen LogP contribution in [0.2, 0.25) is 0 Å². The lowest BCUT2D eigenvalue weighted by Crippen LogP contribution is -2.50. The van der Waals surface area contributed by atoms with Crippen molar-refractivity contribution >= 4 is 0 Å². The molecule has 0 aromatic heterocycles. The predicted molar refractivity (Wildman–Crippen MR) is 101 cm³/mol. The Hall–Kier alpha value is -0.560. The molecule has 0 aromatic rings. The fourth-order valence-corrected chi connectivity index (χ4v) is 7.37. The van der Waals surface area contributed by atoms with Gasteiger partial charge in [0.1, 0.15) is 0 Å². The first-order valence-electron chi connectivity index (χ1n) is 10.2. The first-order chi connectivity index (χ1) is 11.2. The summed E-state index contributed by atoms with van der Waals surface area (Å²) < 4.78 is 0. The zero-order chi connectivity index (χ0) is 17.3. The van der Waals surface area contributed by atoms with Crippen LogP contribution in [0.3, 0.4) is 0 Å². The van der Waals surface area contributed by atoms with Crippen LogP contribution >= 0.6 is 0 Å². The van der Waals surface area contributed by atoms with Gasteiger partial charge < -0.3 is 5.11 Å². The number of fused-ring (bicyclic) bond motifs is 5. The highest BCUT2D eigenvalue weighted by Gasteiger charge is 2.57. The molecule has 0 heterocycles. The number of aliphatic hydroxyl groups excluding tert-OH is 1. The average molecular weight is 329 g/mol. The second kappa shape index (κ2) is 5.22. The Labute approximate surface area is 148 Å². The third-order valence-electron chi connectivity index (χ3n) is 8.47.